The van der Waals surface area contributed by atoms with Crippen LogP contribution in [0.3, 0.4) is 0 Å². The summed E-state index contributed by atoms with van der Waals surface area (Å²) >= 11 is 8.73. The van der Waals surface area contributed by atoms with E-state index < -0.39 is 16.1 Å². The average molecular weight is 343 g/mol. The van der Waals surface area contributed by atoms with Crippen molar-refractivity contribution in [2.45, 2.75) is 4.90 Å². The quantitative estimate of drug-likeness (QED) is 0.705. The fourth-order valence-electron chi connectivity index (χ4n) is 1.01. The molecule has 0 bridgehead atoms. The van der Waals surface area contributed by atoms with Crippen LogP contribution in [0.2, 0.25) is 5.02 Å². The zero-order valence-electron chi connectivity index (χ0n) is 8.62. The molecular formula is C8H9BrClN3O3S. The highest BCUT2D eigenvalue weighted by atomic mass is 79.9. The summed E-state index contributed by atoms with van der Waals surface area (Å²) in [7, 11) is -2.72. The van der Waals surface area contributed by atoms with Gasteiger partial charge >= 0.3 is 6.03 Å². The molecule has 0 saturated carbocycles. The Kier molecular flexibility index (Phi) is 4.23. The van der Waals surface area contributed by atoms with Crippen LogP contribution in [-0.4, -0.2) is 21.5 Å². The van der Waals surface area contributed by atoms with E-state index in [1.807, 2.05) is 0 Å². The fraction of sp³-hybridized carbons (Fsp3) is 0.125. The molecule has 0 aliphatic heterocycles. The van der Waals surface area contributed by atoms with Crippen molar-refractivity contribution in [3.63, 3.8) is 0 Å². The lowest BCUT2D eigenvalue weighted by molar-refractivity contribution is 0.248. The number of nitrogens with two attached hydrogens (primary N) is 1. The van der Waals surface area contributed by atoms with Crippen molar-refractivity contribution in [1.29, 1.82) is 0 Å². The number of rotatable bonds is 2. The Hall–Kier alpha value is -0.990. The van der Waals surface area contributed by atoms with Gasteiger partial charge in [-0.05, 0) is 28.1 Å². The maximum atomic E-state index is 11.8. The summed E-state index contributed by atoms with van der Waals surface area (Å²) in [5.74, 6) is 0. The molecule has 1 aromatic carbocycles. The maximum Gasteiger partial charge on any atom is 0.328 e. The van der Waals surface area contributed by atoms with Gasteiger partial charge in [0, 0.05) is 17.8 Å². The topological polar surface area (TPSA) is 101 Å². The number of carbonyl (C=O) groups excluding carboxylic acids is 1. The van der Waals surface area contributed by atoms with Crippen molar-refractivity contribution in [2.24, 2.45) is 0 Å². The molecule has 0 saturated heterocycles. The molecule has 2 amide bonds. The largest absolute Gasteiger partial charge is 0.398 e. The molecule has 1 aromatic rings. The Labute approximate surface area is 112 Å². The summed E-state index contributed by atoms with van der Waals surface area (Å²) in [5.41, 5.74) is 5.72. The second-order valence-electron chi connectivity index (χ2n) is 2.99. The standard InChI is InChI=1S/C8H9BrClN3O3S/c1-12-8(14)13-17(15,16)6-3-4(10)2-5(11)7(6)9/h2-3H,11H2,1H3,(H2,12,13,14). The third-order valence-electron chi connectivity index (χ3n) is 1.78. The predicted octanol–water partition coefficient (Wildman–Crippen LogP) is 1.30. The van der Waals surface area contributed by atoms with Crippen molar-refractivity contribution in [3.8, 4) is 0 Å². The Bertz CT molecular complexity index is 561. The van der Waals surface area contributed by atoms with Crippen LogP contribution in [0.15, 0.2) is 21.5 Å². The molecule has 6 nitrogen and oxygen atoms in total. The summed E-state index contributed by atoms with van der Waals surface area (Å²) in [6.07, 6.45) is 0. The van der Waals surface area contributed by atoms with Gasteiger partial charge in [0.1, 0.15) is 4.90 Å². The number of amides is 2. The second-order valence-corrected chi connectivity index (χ2v) is 5.87. The van der Waals surface area contributed by atoms with Crippen LogP contribution >= 0.6 is 27.5 Å². The molecule has 94 valence electrons. The van der Waals surface area contributed by atoms with E-state index in [2.05, 4.69) is 21.2 Å². The van der Waals surface area contributed by atoms with E-state index in [4.69, 9.17) is 17.3 Å². The Morgan fingerprint density at radius 3 is 2.59 bits per heavy atom. The number of urea groups is 1. The van der Waals surface area contributed by atoms with Crippen molar-refractivity contribution in [1.82, 2.24) is 10.0 Å². The minimum Gasteiger partial charge on any atom is -0.398 e. The number of nitrogens with one attached hydrogen (secondary N) is 2. The van der Waals surface area contributed by atoms with Gasteiger partial charge in [0.05, 0.1) is 4.47 Å². The van der Waals surface area contributed by atoms with E-state index in [0.717, 1.165) is 0 Å². The van der Waals surface area contributed by atoms with Crippen LogP contribution in [0, 0.1) is 0 Å². The average Bonchev–Trinajstić information content (AvgIpc) is 2.22. The molecule has 0 spiro atoms. The minimum atomic E-state index is -4.02. The predicted molar refractivity (Wildman–Crippen MR) is 68.3 cm³/mol. The number of anilines is 1. The van der Waals surface area contributed by atoms with E-state index in [9.17, 15) is 13.2 Å². The zero-order chi connectivity index (χ0) is 13.2. The number of carbonyl (C=O) groups is 1. The van der Waals surface area contributed by atoms with Gasteiger partial charge < -0.3 is 11.1 Å². The molecule has 0 heterocycles. The number of halogens is 2. The first-order valence-corrected chi connectivity index (χ1v) is 6.92. The maximum absolute atomic E-state index is 11.8. The summed E-state index contributed by atoms with van der Waals surface area (Å²) in [4.78, 5) is 10.8. The van der Waals surface area contributed by atoms with Gasteiger partial charge in [0.2, 0.25) is 0 Å². The molecule has 0 fully saturated rings. The molecule has 17 heavy (non-hydrogen) atoms. The summed E-state index contributed by atoms with van der Waals surface area (Å²) in [6, 6.07) is 1.73. The molecule has 9 heteroatoms. The first-order chi connectivity index (χ1) is 7.77. The van der Waals surface area contributed by atoms with Gasteiger partial charge in [-0.15, -0.1) is 0 Å². The highest BCUT2D eigenvalue weighted by Crippen LogP contribution is 2.31. The Balaban J connectivity index is 3.29. The first-order valence-electron chi connectivity index (χ1n) is 4.27. The van der Waals surface area contributed by atoms with Gasteiger partial charge in [-0.25, -0.2) is 17.9 Å². The Morgan fingerprint density at radius 1 is 1.47 bits per heavy atom. The summed E-state index contributed by atoms with van der Waals surface area (Å²) in [5, 5.41) is 2.29. The van der Waals surface area contributed by atoms with E-state index in [1.165, 1.54) is 19.2 Å². The highest BCUT2D eigenvalue weighted by Gasteiger charge is 2.22. The van der Waals surface area contributed by atoms with Gasteiger partial charge in [-0.2, -0.15) is 0 Å². The smallest absolute Gasteiger partial charge is 0.328 e. The van der Waals surface area contributed by atoms with Crippen molar-refractivity contribution >= 4 is 49.3 Å². The van der Waals surface area contributed by atoms with Gasteiger partial charge in [-0.1, -0.05) is 11.6 Å². The van der Waals surface area contributed by atoms with Crippen LogP contribution in [-0.2, 0) is 10.0 Å². The van der Waals surface area contributed by atoms with Gasteiger partial charge in [-0.3, -0.25) is 0 Å². The summed E-state index contributed by atoms with van der Waals surface area (Å²) < 4.78 is 25.6. The molecule has 0 aliphatic rings. The van der Waals surface area contributed by atoms with E-state index in [1.54, 1.807) is 4.72 Å². The van der Waals surface area contributed by atoms with Gasteiger partial charge in [0.15, 0.2) is 0 Å². The molecule has 0 radical (unpaired) electrons. The number of hydrogen-bond donors (Lipinski definition) is 3. The number of benzene rings is 1. The normalized spacial score (nSPS) is 11.0. The van der Waals surface area contributed by atoms with E-state index >= 15 is 0 Å². The van der Waals surface area contributed by atoms with Crippen LogP contribution in [0.1, 0.15) is 0 Å². The minimum absolute atomic E-state index is 0.151. The number of sulfonamides is 1. The molecule has 0 aliphatic carbocycles. The molecule has 1 rings (SSSR count). The number of nitrogen functional groups attached to an aromatic ring is 1. The summed E-state index contributed by atoms with van der Waals surface area (Å²) in [6.45, 7) is 0. The van der Waals surface area contributed by atoms with Crippen molar-refractivity contribution in [3.05, 3.63) is 21.6 Å². The molecule has 0 unspecified atom stereocenters. The zero-order valence-corrected chi connectivity index (χ0v) is 11.8. The molecule has 0 atom stereocenters. The number of hydrogen-bond acceptors (Lipinski definition) is 4. The van der Waals surface area contributed by atoms with Crippen LogP contribution in [0.4, 0.5) is 10.5 Å². The van der Waals surface area contributed by atoms with Crippen molar-refractivity contribution < 1.29 is 13.2 Å². The van der Waals surface area contributed by atoms with Crippen LogP contribution in [0.25, 0.3) is 0 Å². The lowest BCUT2D eigenvalue weighted by Crippen LogP contribution is -2.37. The SMILES string of the molecule is CNC(=O)NS(=O)(=O)c1cc(Cl)cc(N)c1Br. The third-order valence-corrected chi connectivity index (χ3v) is 4.50. The second kappa shape index (κ2) is 5.11. The monoisotopic (exact) mass is 341 g/mol. The molecule has 0 aromatic heterocycles. The van der Waals surface area contributed by atoms with Crippen LogP contribution < -0.4 is 15.8 Å². The van der Waals surface area contributed by atoms with Crippen molar-refractivity contribution in [2.75, 3.05) is 12.8 Å². The third kappa shape index (κ3) is 3.24. The lowest BCUT2D eigenvalue weighted by Gasteiger charge is -2.10. The molecular weight excluding hydrogens is 334 g/mol. The van der Waals surface area contributed by atoms with E-state index in [-0.39, 0.29) is 20.1 Å². The lowest BCUT2D eigenvalue weighted by atomic mass is 10.3. The molecule has 4 N–H and O–H groups in total. The van der Waals surface area contributed by atoms with Crippen LogP contribution in [0.5, 0.6) is 0 Å². The van der Waals surface area contributed by atoms with Gasteiger partial charge in [0.25, 0.3) is 10.0 Å². The fourth-order valence-corrected chi connectivity index (χ4v) is 3.26. The first kappa shape index (κ1) is 14.1. The Morgan fingerprint density at radius 2 is 2.06 bits per heavy atom. The highest BCUT2D eigenvalue weighted by molar-refractivity contribution is 9.10. The van der Waals surface area contributed by atoms with E-state index in [0.29, 0.717) is 0 Å².